The third-order valence-corrected chi connectivity index (χ3v) is 6.66. The minimum Gasteiger partial charge on any atom is -0.352 e. The molecule has 29 heavy (non-hydrogen) atoms. The molecule has 0 N–H and O–H groups in total. The van der Waals surface area contributed by atoms with Crippen molar-refractivity contribution in [2.45, 2.75) is 52.9 Å². The Hall–Kier alpha value is -2.43. The topological polar surface area (TPSA) is 49.3 Å². The maximum atomic E-state index is 12.6. The van der Waals surface area contributed by atoms with E-state index in [0.717, 1.165) is 49.7 Å². The number of hydrogen-bond donors (Lipinski definition) is 0. The molecule has 5 heteroatoms. The number of aromatic nitrogens is 2. The van der Waals surface area contributed by atoms with Gasteiger partial charge in [-0.2, -0.15) is 0 Å². The van der Waals surface area contributed by atoms with Gasteiger partial charge in [0.15, 0.2) is 5.82 Å². The highest BCUT2D eigenvalue weighted by molar-refractivity contribution is 5.76. The fraction of sp³-hybridized carbons (Fsp3) is 0.542. The first-order valence-electron chi connectivity index (χ1n) is 11.0. The van der Waals surface area contributed by atoms with Crippen molar-refractivity contribution in [1.82, 2.24) is 15.1 Å². The third kappa shape index (κ3) is 4.44. The molecule has 1 amide bonds. The second-order valence-corrected chi connectivity index (χ2v) is 8.75. The second-order valence-electron chi connectivity index (χ2n) is 8.75. The first-order valence-corrected chi connectivity index (χ1v) is 11.0. The summed E-state index contributed by atoms with van der Waals surface area (Å²) in [5.74, 6) is 1.86. The lowest BCUT2D eigenvalue weighted by Crippen LogP contribution is -2.49. The summed E-state index contributed by atoms with van der Waals surface area (Å²) >= 11 is 0. The zero-order valence-corrected chi connectivity index (χ0v) is 17.9. The van der Waals surface area contributed by atoms with Gasteiger partial charge in [-0.1, -0.05) is 18.9 Å². The number of aryl methyl sites for hydroxylation is 3. The molecule has 2 fully saturated rings. The number of amides is 1. The molecule has 2 heterocycles. The molecular formula is C24H32N4O. The van der Waals surface area contributed by atoms with E-state index in [9.17, 15) is 4.79 Å². The van der Waals surface area contributed by atoms with Gasteiger partial charge in [0, 0.05) is 38.2 Å². The monoisotopic (exact) mass is 392 g/mol. The minimum atomic E-state index is 0.336. The van der Waals surface area contributed by atoms with Crippen molar-refractivity contribution in [3.8, 4) is 11.3 Å². The van der Waals surface area contributed by atoms with Gasteiger partial charge in [0.25, 0.3) is 0 Å². The van der Waals surface area contributed by atoms with Crippen LogP contribution >= 0.6 is 0 Å². The Morgan fingerprint density at radius 2 is 1.62 bits per heavy atom. The zero-order valence-electron chi connectivity index (χ0n) is 17.9. The molecule has 0 radical (unpaired) electrons. The predicted molar refractivity (Wildman–Crippen MR) is 117 cm³/mol. The van der Waals surface area contributed by atoms with Gasteiger partial charge in [0.2, 0.25) is 5.91 Å². The van der Waals surface area contributed by atoms with E-state index in [2.05, 4.69) is 60.1 Å². The Morgan fingerprint density at radius 1 is 0.931 bits per heavy atom. The number of carbonyl (C=O) groups is 1. The lowest BCUT2D eigenvalue weighted by molar-refractivity contribution is -0.132. The molecule has 1 aliphatic carbocycles. The first kappa shape index (κ1) is 19.9. The van der Waals surface area contributed by atoms with Gasteiger partial charge in [-0.3, -0.25) is 4.79 Å². The summed E-state index contributed by atoms with van der Waals surface area (Å²) in [4.78, 5) is 16.8. The minimum absolute atomic E-state index is 0.336. The Labute approximate surface area is 174 Å². The Balaban J connectivity index is 1.37. The number of anilines is 1. The quantitative estimate of drug-likeness (QED) is 0.778. The SMILES string of the molecule is Cc1cc(C)c(-c2ccc(N3CCN(C(=O)CC4CCCC4)CC3)nn2)cc1C. The van der Waals surface area contributed by atoms with E-state index >= 15 is 0 Å². The van der Waals surface area contributed by atoms with Crippen molar-refractivity contribution < 1.29 is 4.79 Å². The lowest BCUT2D eigenvalue weighted by atomic mass is 9.99. The van der Waals surface area contributed by atoms with Crippen LogP contribution < -0.4 is 4.90 Å². The molecule has 0 bridgehead atoms. The van der Waals surface area contributed by atoms with E-state index in [4.69, 9.17) is 0 Å². The van der Waals surface area contributed by atoms with E-state index < -0.39 is 0 Å². The lowest BCUT2D eigenvalue weighted by Gasteiger charge is -2.35. The average Bonchev–Trinajstić information content (AvgIpc) is 3.24. The molecule has 0 atom stereocenters. The van der Waals surface area contributed by atoms with Crippen molar-refractivity contribution in [2.24, 2.45) is 5.92 Å². The summed E-state index contributed by atoms with van der Waals surface area (Å²) < 4.78 is 0. The normalized spacial score (nSPS) is 17.8. The fourth-order valence-electron chi connectivity index (χ4n) is 4.65. The summed E-state index contributed by atoms with van der Waals surface area (Å²) in [6, 6.07) is 8.54. The predicted octanol–water partition coefficient (Wildman–Crippen LogP) is 4.30. The molecule has 1 aromatic heterocycles. The largest absolute Gasteiger partial charge is 0.352 e. The first-order chi connectivity index (χ1) is 14.0. The number of hydrogen-bond acceptors (Lipinski definition) is 4. The van der Waals surface area contributed by atoms with Gasteiger partial charge in [0.1, 0.15) is 0 Å². The van der Waals surface area contributed by atoms with Crippen LogP contribution in [-0.4, -0.2) is 47.2 Å². The molecule has 1 saturated carbocycles. The molecule has 4 rings (SSSR count). The van der Waals surface area contributed by atoms with Crippen LogP contribution in [0.25, 0.3) is 11.3 Å². The van der Waals surface area contributed by atoms with Gasteiger partial charge >= 0.3 is 0 Å². The van der Waals surface area contributed by atoms with Crippen LogP contribution in [-0.2, 0) is 4.79 Å². The van der Waals surface area contributed by atoms with Crippen molar-refractivity contribution in [3.63, 3.8) is 0 Å². The molecule has 154 valence electrons. The zero-order chi connectivity index (χ0) is 20.4. The smallest absolute Gasteiger partial charge is 0.222 e. The number of rotatable bonds is 4. The maximum Gasteiger partial charge on any atom is 0.222 e. The van der Waals surface area contributed by atoms with E-state index in [1.807, 2.05) is 4.90 Å². The van der Waals surface area contributed by atoms with Crippen molar-refractivity contribution in [2.75, 3.05) is 31.1 Å². The summed E-state index contributed by atoms with van der Waals surface area (Å²) in [7, 11) is 0. The second kappa shape index (κ2) is 8.52. The van der Waals surface area contributed by atoms with E-state index in [1.54, 1.807) is 0 Å². The van der Waals surface area contributed by atoms with Crippen molar-refractivity contribution >= 4 is 11.7 Å². The van der Waals surface area contributed by atoms with Crippen LogP contribution in [0, 0.1) is 26.7 Å². The highest BCUT2D eigenvalue weighted by Crippen LogP contribution is 2.29. The molecule has 1 aromatic carbocycles. The average molecular weight is 393 g/mol. The van der Waals surface area contributed by atoms with Crippen LogP contribution in [0.15, 0.2) is 24.3 Å². The Bertz CT molecular complexity index is 863. The maximum absolute atomic E-state index is 12.6. The molecule has 5 nitrogen and oxygen atoms in total. The summed E-state index contributed by atoms with van der Waals surface area (Å²) in [5.41, 5.74) is 5.87. The summed E-state index contributed by atoms with van der Waals surface area (Å²) in [6.45, 7) is 9.61. The van der Waals surface area contributed by atoms with Crippen molar-refractivity contribution in [3.05, 3.63) is 41.0 Å². The van der Waals surface area contributed by atoms with Gasteiger partial charge in [-0.05, 0) is 74.4 Å². The van der Waals surface area contributed by atoms with E-state index in [0.29, 0.717) is 11.8 Å². The molecule has 2 aromatic rings. The Morgan fingerprint density at radius 3 is 2.28 bits per heavy atom. The van der Waals surface area contributed by atoms with Crippen LogP contribution in [0.1, 0.15) is 48.8 Å². The summed E-state index contributed by atoms with van der Waals surface area (Å²) in [5, 5.41) is 9.00. The molecule has 1 saturated heterocycles. The third-order valence-electron chi connectivity index (χ3n) is 6.66. The number of piperazine rings is 1. The molecule has 1 aliphatic heterocycles. The van der Waals surface area contributed by atoms with Crippen LogP contribution in [0.4, 0.5) is 5.82 Å². The van der Waals surface area contributed by atoms with Crippen LogP contribution in [0.5, 0.6) is 0 Å². The van der Waals surface area contributed by atoms with E-state index in [-0.39, 0.29) is 0 Å². The number of carbonyl (C=O) groups excluding carboxylic acids is 1. The molecule has 2 aliphatic rings. The van der Waals surface area contributed by atoms with Gasteiger partial charge < -0.3 is 9.80 Å². The molecular weight excluding hydrogens is 360 g/mol. The summed E-state index contributed by atoms with van der Waals surface area (Å²) in [6.07, 6.45) is 5.79. The fourth-order valence-corrected chi connectivity index (χ4v) is 4.65. The van der Waals surface area contributed by atoms with E-state index in [1.165, 1.54) is 42.4 Å². The van der Waals surface area contributed by atoms with Crippen molar-refractivity contribution in [1.29, 1.82) is 0 Å². The molecule has 0 spiro atoms. The molecule has 0 unspecified atom stereocenters. The number of benzene rings is 1. The van der Waals surface area contributed by atoms with Gasteiger partial charge in [0.05, 0.1) is 5.69 Å². The highest BCUT2D eigenvalue weighted by Gasteiger charge is 2.25. The van der Waals surface area contributed by atoms with Crippen LogP contribution in [0.3, 0.4) is 0 Å². The standard InChI is InChI=1S/C24H32N4O/c1-17-14-19(3)21(15-18(17)2)22-8-9-23(26-25-22)27-10-12-28(13-11-27)24(29)16-20-6-4-5-7-20/h8-9,14-15,20H,4-7,10-13,16H2,1-3H3. The highest BCUT2D eigenvalue weighted by atomic mass is 16.2. The van der Waals surface area contributed by atoms with Gasteiger partial charge in [-0.15, -0.1) is 10.2 Å². The Kier molecular flexibility index (Phi) is 5.84. The number of nitrogens with zero attached hydrogens (tertiary/aromatic N) is 4. The van der Waals surface area contributed by atoms with Crippen LogP contribution in [0.2, 0.25) is 0 Å². The van der Waals surface area contributed by atoms with Gasteiger partial charge in [-0.25, -0.2) is 0 Å².